The number of nitrogens with one attached hydrogen (secondary N) is 3. The van der Waals surface area contributed by atoms with Crippen LogP contribution in [0, 0.1) is 11.7 Å². The van der Waals surface area contributed by atoms with Gasteiger partial charge in [0, 0.05) is 74.7 Å². The molecule has 288 valence electrons. The number of amides is 4. The van der Waals surface area contributed by atoms with Crippen molar-refractivity contribution < 1.29 is 28.3 Å². The SMILES string of the molecule is COc1cc2nn(C3CCC(CN4CCN(c5ccc(C(=O)NC6CCC(=O)NC6=O)c(F)c5)CC4)CC3)cc2cc1C(=O)Nc1cccn(C2CC2)c1=O. The number of carbonyl (C=O) groups excluding carboxylic acids is 4. The molecule has 3 N–H and O–H groups in total. The molecule has 55 heavy (non-hydrogen) atoms. The summed E-state index contributed by atoms with van der Waals surface area (Å²) in [6.07, 6.45) is 10.1. The Balaban J connectivity index is 0.825. The largest absolute Gasteiger partial charge is 0.496 e. The summed E-state index contributed by atoms with van der Waals surface area (Å²) in [6, 6.07) is 11.1. The first-order valence-corrected chi connectivity index (χ1v) is 19.1. The van der Waals surface area contributed by atoms with Gasteiger partial charge >= 0.3 is 0 Å². The van der Waals surface area contributed by atoms with E-state index in [0.29, 0.717) is 22.9 Å². The van der Waals surface area contributed by atoms with Gasteiger partial charge in [-0.1, -0.05) is 0 Å². The summed E-state index contributed by atoms with van der Waals surface area (Å²) < 4.78 is 24.4. The maximum Gasteiger partial charge on any atom is 0.274 e. The van der Waals surface area contributed by atoms with E-state index in [-0.39, 0.29) is 47.6 Å². The highest BCUT2D eigenvalue weighted by Gasteiger charge is 2.31. The summed E-state index contributed by atoms with van der Waals surface area (Å²) in [6.45, 7) is 4.18. The highest BCUT2D eigenvalue weighted by molar-refractivity contribution is 6.08. The Hall–Kier alpha value is -5.57. The molecule has 4 aromatic rings. The van der Waals surface area contributed by atoms with Gasteiger partial charge in [0.15, 0.2) is 0 Å². The molecule has 2 aliphatic heterocycles. The predicted octanol–water partition coefficient (Wildman–Crippen LogP) is 4.02. The van der Waals surface area contributed by atoms with Gasteiger partial charge in [-0.2, -0.15) is 5.10 Å². The molecule has 1 atom stereocenters. The Kier molecular flexibility index (Phi) is 10.1. The van der Waals surface area contributed by atoms with Crippen LogP contribution in [0.3, 0.4) is 0 Å². The summed E-state index contributed by atoms with van der Waals surface area (Å²) in [7, 11) is 1.52. The van der Waals surface area contributed by atoms with Crippen LogP contribution in [0.1, 0.15) is 84.2 Å². The molecule has 4 heterocycles. The minimum absolute atomic E-state index is 0.123. The molecule has 15 heteroatoms. The first-order valence-electron chi connectivity index (χ1n) is 19.1. The third-order valence-corrected chi connectivity index (χ3v) is 11.4. The molecule has 4 fully saturated rings. The second kappa shape index (κ2) is 15.3. The smallest absolute Gasteiger partial charge is 0.274 e. The van der Waals surface area contributed by atoms with E-state index in [2.05, 4.69) is 25.8 Å². The normalized spacial score (nSPS) is 22.0. The number of anilines is 2. The lowest BCUT2D eigenvalue weighted by Gasteiger charge is -2.39. The lowest BCUT2D eigenvalue weighted by Crippen LogP contribution is -2.52. The van der Waals surface area contributed by atoms with Gasteiger partial charge in [0.1, 0.15) is 23.3 Å². The third kappa shape index (κ3) is 7.84. The standard InChI is InChI=1S/C40H45FN8O6/c1-55-35-21-34-25(19-30(35)38(52)43-33-3-2-14-48(40(33)54)26-8-9-26)23-49(45-34)27-6-4-24(5-7-27)22-46-15-17-47(18-16-46)28-10-11-29(31(41)20-28)37(51)42-32-12-13-36(50)44-39(32)53/h2-3,10-11,14,19-21,23-24,26-27,32H,4-9,12-13,15-18,22H2,1H3,(H,42,51)(H,43,52)(H,44,50,53). The number of carbonyl (C=O) groups is 4. The fourth-order valence-electron chi connectivity index (χ4n) is 8.14. The topological polar surface area (TPSA) is 160 Å². The third-order valence-electron chi connectivity index (χ3n) is 11.4. The zero-order valence-electron chi connectivity index (χ0n) is 30.8. The number of piperidine rings is 1. The zero-order chi connectivity index (χ0) is 38.2. The second-order valence-corrected chi connectivity index (χ2v) is 15.1. The van der Waals surface area contributed by atoms with Crippen molar-refractivity contribution in [3.63, 3.8) is 0 Å². The fraction of sp³-hybridized carbons (Fsp3) is 0.450. The number of benzene rings is 2. The minimum atomic E-state index is -0.867. The fourth-order valence-corrected chi connectivity index (χ4v) is 8.14. The number of methoxy groups -OCH3 is 1. The highest BCUT2D eigenvalue weighted by Crippen LogP contribution is 2.35. The van der Waals surface area contributed by atoms with Gasteiger partial charge < -0.3 is 24.8 Å². The maximum absolute atomic E-state index is 15.1. The van der Waals surface area contributed by atoms with Crippen LogP contribution in [0.4, 0.5) is 15.8 Å². The second-order valence-electron chi connectivity index (χ2n) is 15.1. The van der Waals surface area contributed by atoms with Gasteiger partial charge in [0.05, 0.1) is 29.8 Å². The van der Waals surface area contributed by atoms with Crippen LogP contribution in [-0.4, -0.2) is 88.8 Å². The summed E-state index contributed by atoms with van der Waals surface area (Å²) in [5, 5.41) is 13.2. The maximum atomic E-state index is 15.1. The predicted molar refractivity (Wildman–Crippen MR) is 203 cm³/mol. The molecular weight excluding hydrogens is 707 g/mol. The van der Waals surface area contributed by atoms with E-state index >= 15 is 4.39 Å². The summed E-state index contributed by atoms with van der Waals surface area (Å²) in [5.74, 6) is -1.74. The molecule has 4 aliphatic rings. The van der Waals surface area contributed by atoms with Gasteiger partial charge in [-0.05, 0) is 87.3 Å². The minimum Gasteiger partial charge on any atom is -0.496 e. The molecule has 14 nitrogen and oxygen atoms in total. The summed E-state index contributed by atoms with van der Waals surface area (Å²) in [5.41, 5.74) is 1.70. The summed E-state index contributed by atoms with van der Waals surface area (Å²) in [4.78, 5) is 67.0. The van der Waals surface area contributed by atoms with E-state index in [1.54, 1.807) is 41.1 Å². The van der Waals surface area contributed by atoms with Crippen LogP contribution in [0.2, 0.25) is 0 Å². The molecule has 0 spiro atoms. The van der Waals surface area contributed by atoms with E-state index in [1.165, 1.54) is 19.2 Å². The Labute approximate surface area is 317 Å². The average Bonchev–Trinajstić information content (AvgIpc) is 3.94. The number of fused-ring (bicyclic) bond motifs is 1. The first-order chi connectivity index (χ1) is 26.6. The highest BCUT2D eigenvalue weighted by atomic mass is 19.1. The van der Waals surface area contributed by atoms with Gasteiger partial charge in [0.25, 0.3) is 17.4 Å². The van der Waals surface area contributed by atoms with Gasteiger partial charge in [-0.25, -0.2) is 4.39 Å². The molecule has 2 saturated carbocycles. The number of hydrogen-bond donors (Lipinski definition) is 3. The Morgan fingerprint density at radius 2 is 1.67 bits per heavy atom. The Morgan fingerprint density at radius 1 is 0.909 bits per heavy atom. The van der Waals surface area contributed by atoms with E-state index < -0.39 is 29.6 Å². The lowest BCUT2D eigenvalue weighted by atomic mass is 9.85. The van der Waals surface area contributed by atoms with Crippen LogP contribution in [0.15, 0.2) is 59.7 Å². The number of aromatic nitrogens is 3. The zero-order valence-corrected chi connectivity index (χ0v) is 30.8. The van der Waals surface area contributed by atoms with Gasteiger partial charge in [-0.3, -0.25) is 38.9 Å². The number of ether oxygens (including phenoxy) is 1. The van der Waals surface area contributed by atoms with E-state index in [9.17, 15) is 24.0 Å². The first kappa shape index (κ1) is 36.4. The summed E-state index contributed by atoms with van der Waals surface area (Å²) >= 11 is 0. The molecule has 0 radical (unpaired) electrons. The van der Waals surface area contributed by atoms with E-state index in [4.69, 9.17) is 9.84 Å². The molecule has 4 amide bonds. The average molecular weight is 753 g/mol. The molecule has 1 unspecified atom stereocenters. The number of nitrogens with zero attached hydrogens (tertiary/aromatic N) is 5. The lowest BCUT2D eigenvalue weighted by molar-refractivity contribution is -0.134. The number of piperazine rings is 1. The number of hydrogen-bond acceptors (Lipinski definition) is 9. The molecule has 2 aliphatic carbocycles. The van der Waals surface area contributed by atoms with Crippen molar-refractivity contribution in [2.75, 3.05) is 50.1 Å². The van der Waals surface area contributed by atoms with Crippen molar-refractivity contribution in [1.29, 1.82) is 0 Å². The van der Waals surface area contributed by atoms with Crippen molar-refractivity contribution in [3.8, 4) is 5.75 Å². The van der Waals surface area contributed by atoms with Crippen LogP contribution in [-0.2, 0) is 9.59 Å². The van der Waals surface area contributed by atoms with Crippen LogP contribution < -0.4 is 31.1 Å². The number of rotatable bonds is 10. The molecular formula is C40H45FN8O6. The Bertz CT molecular complexity index is 2200. The molecule has 0 bridgehead atoms. The van der Waals surface area contributed by atoms with Crippen molar-refractivity contribution in [1.82, 2.24) is 29.9 Å². The molecule has 2 aromatic carbocycles. The van der Waals surface area contributed by atoms with Crippen molar-refractivity contribution >= 4 is 45.9 Å². The van der Waals surface area contributed by atoms with Crippen molar-refractivity contribution in [2.24, 2.45) is 5.92 Å². The quantitative estimate of drug-likeness (QED) is 0.204. The van der Waals surface area contributed by atoms with E-state index in [1.807, 2.05) is 10.9 Å². The van der Waals surface area contributed by atoms with Crippen LogP contribution >= 0.6 is 0 Å². The van der Waals surface area contributed by atoms with Crippen LogP contribution in [0.5, 0.6) is 5.75 Å². The monoisotopic (exact) mass is 752 g/mol. The molecule has 8 rings (SSSR count). The van der Waals surface area contributed by atoms with Crippen molar-refractivity contribution in [2.45, 2.75) is 69.5 Å². The Morgan fingerprint density at radius 3 is 2.38 bits per heavy atom. The van der Waals surface area contributed by atoms with Crippen molar-refractivity contribution in [3.05, 3.63) is 82.2 Å². The molecule has 2 saturated heterocycles. The number of pyridine rings is 1. The van der Waals surface area contributed by atoms with Gasteiger partial charge in [0.2, 0.25) is 11.8 Å². The number of halogens is 1. The number of imide groups is 1. The van der Waals surface area contributed by atoms with Crippen LogP contribution in [0.25, 0.3) is 10.9 Å². The molecule has 2 aromatic heterocycles. The van der Waals surface area contributed by atoms with E-state index in [0.717, 1.165) is 82.2 Å². The van der Waals surface area contributed by atoms with Gasteiger partial charge in [-0.15, -0.1) is 0 Å².